The molecule has 1 atom stereocenters. The van der Waals surface area contributed by atoms with E-state index in [-0.39, 0.29) is 6.61 Å². The largest absolute Gasteiger partial charge is 0.395 e. The lowest BCUT2D eigenvalue weighted by atomic mass is 10.2. The summed E-state index contributed by atoms with van der Waals surface area (Å²) in [6.45, 7) is 5.54. The van der Waals surface area contributed by atoms with Crippen molar-refractivity contribution in [1.82, 2.24) is 4.90 Å². The van der Waals surface area contributed by atoms with Crippen molar-refractivity contribution in [2.45, 2.75) is 39.3 Å². The molecule has 17 heavy (non-hydrogen) atoms. The lowest BCUT2D eigenvalue weighted by molar-refractivity contribution is 0.246. The Bertz CT molecular complexity index is 388. The fourth-order valence-electron chi connectivity index (χ4n) is 1.48. The van der Waals surface area contributed by atoms with Gasteiger partial charge in [-0.3, -0.25) is 4.90 Å². The number of hydrogen-bond donors (Lipinski definition) is 1. The number of rotatable bonds is 5. The number of nitrogens with zero attached hydrogens (tertiary/aromatic N) is 1. The van der Waals surface area contributed by atoms with E-state index in [2.05, 4.69) is 49.1 Å². The Labute approximate surface area is 108 Å². The van der Waals surface area contributed by atoms with Crippen LogP contribution in [-0.2, 0) is 6.54 Å². The van der Waals surface area contributed by atoms with Gasteiger partial charge in [0, 0.05) is 29.4 Å². The third kappa shape index (κ3) is 4.51. The first-order valence-electron chi connectivity index (χ1n) is 6.05. The molecule has 94 valence electrons. The number of aliphatic hydroxyl groups is 1. The van der Waals surface area contributed by atoms with Crippen LogP contribution in [-0.4, -0.2) is 29.7 Å². The Morgan fingerprint density at radius 2 is 2.29 bits per heavy atom. The highest BCUT2D eigenvalue weighted by atomic mass is 32.1. The summed E-state index contributed by atoms with van der Waals surface area (Å²) in [6, 6.07) is 2.66. The molecule has 2 nitrogen and oxygen atoms in total. The van der Waals surface area contributed by atoms with E-state index in [1.807, 2.05) is 0 Å². The van der Waals surface area contributed by atoms with Crippen LogP contribution in [0.2, 0.25) is 0 Å². The first-order valence-corrected chi connectivity index (χ1v) is 6.93. The molecule has 0 saturated heterocycles. The summed E-state index contributed by atoms with van der Waals surface area (Å²) in [7, 11) is 2.15. The summed E-state index contributed by atoms with van der Waals surface area (Å²) in [5, 5.41) is 10.8. The minimum Gasteiger partial charge on any atom is -0.395 e. The van der Waals surface area contributed by atoms with Gasteiger partial charge in [-0.25, -0.2) is 0 Å². The van der Waals surface area contributed by atoms with Crippen LogP contribution in [0.15, 0.2) is 11.4 Å². The van der Waals surface area contributed by atoms with Gasteiger partial charge in [-0.1, -0.05) is 18.8 Å². The van der Waals surface area contributed by atoms with Crippen LogP contribution < -0.4 is 0 Å². The maximum absolute atomic E-state index is 8.71. The van der Waals surface area contributed by atoms with Gasteiger partial charge in [-0.15, -0.1) is 11.3 Å². The molecule has 0 aliphatic heterocycles. The van der Waals surface area contributed by atoms with Gasteiger partial charge in [0.05, 0.1) is 6.61 Å². The zero-order valence-electron chi connectivity index (χ0n) is 10.9. The Morgan fingerprint density at radius 3 is 2.94 bits per heavy atom. The molecule has 1 aromatic heterocycles. The highest BCUT2D eigenvalue weighted by molar-refractivity contribution is 7.10. The van der Waals surface area contributed by atoms with E-state index in [0.717, 1.165) is 18.5 Å². The van der Waals surface area contributed by atoms with Gasteiger partial charge in [0.1, 0.15) is 0 Å². The molecule has 0 aromatic carbocycles. The van der Waals surface area contributed by atoms with Crippen molar-refractivity contribution in [1.29, 1.82) is 0 Å². The van der Waals surface area contributed by atoms with Gasteiger partial charge in [0.25, 0.3) is 0 Å². The fraction of sp³-hybridized carbons (Fsp3) is 0.571. The van der Waals surface area contributed by atoms with E-state index in [1.54, 1.807) is 11.3 Å². The first-order chi connectivity index (χ1) is 8.19. The molecule has 1 rings (SSSR count). The molecular weight excluding hydrogens is 230 g/mol. The van der Waals surface area contributed by atoms with Crippen LogP contribution in [0.4, 0.5) is 0 Å². The molecule has 1 heterocycles. The van der Waals surface area contributed by atoms with Crippen LogP contribution in [0.1, 0.15) is 37.1 Å². The molecular formula is C14H21NOS. The number of hydrogen-bond acceptors (Lipinski definition) is 3. The lowest BCUT2D eigenvalue weighted by Gasteiger charge is -2.22. The van der Waals surface area contributed by atoms with E-state index in [1.165, 1.54) is 4.88 Å². The minimum absolute atomic E-state index is 0.138. The van der Waals surface area contributed by atoms with Gasteiger partial charge < -0.3 is 5.11 Å². The smallest absolute Gasteiger partial charge is 0.0540 e. The predicted octanol–water partition coefficient (Wildman–Crippen LogP) is 2.71. The fourth-order valence-corrected chi connectivity index (χ4v) is 2.37. The Hall–Kier alpha value is -0.820. The molecule has 0 fully saturated rings. The summed E-state index contributed by atoms with van der Waals surface area (Å²) >= 11 is 1.76. The molecule has 3 heteroatoms. The van der Waals surface area contributed by atoms with Crippen molar-refractivity contribution >= 4 is 11.3 Å². The van der Waals surface area contributed by atoms with Gasteiger partial charge in [0.15, 0.2) is 0 Å². The zero-order valence-corrected chi connectivity index (χ0v) is 11.7. The Balaban J connectivity index is 2.66. The van der Waals surface area contributed by atoms with Gasteiger partial charge in [-0.05, 0) is 31.8 Å². The van der Waals surface area contributed by atoms with E-state index in [4.69, 9.17) is 5.11 Å². The van der Waals surface area contributed by atoms with Crippen LogP contribution in [0.25, 0.3) is 0 Å². The van der Waals surface area contributed by atoms with E-state index in [0.29, 0.717) is 12.5 Å². The predicted molar refractivity (Wildman–Crippen MR) is 74.1 cm³/mol. The van der Waals surface area contributed by atoms with E-state index in [9.17, 15) is 0 Å². The van der Waals surface area contributed by atoms with Crippen LogP contribution in [0.5, 0.6) is 0 Å². The average molecular weight is 251 g/mol. The summed E-state index contributed by atoms with van der Waals surface area (Å²) in [4.78, 5) is 3.67. The molecule has 0 spiro atoms. The summed E-state index contributed by atoms with van der Waals surface area (Å²) < 4.78 is 0. The average Bonchev–Trinajstić information content (AvgIpc) is 2.76. The normalized spacial score (nSPS) is 12.3. The van der Waals surface area contributed by atoms with Crippen molar-refractivity contribution in [3.63, 3.8) is 0 Å². The molecule has 0 aliphatic rings. The standard InChI is InChI=1S/C14H21NOS/c1-4-12(2)15(3)11-14-13(8-10-17-14)7-5-6-9-16/h8,10,12,16H,4,6,9,11H2,1-3H3. The van der Waals surface area contributed by atoms with Gasteiger partial charge in [-0.2, -0.15) is 0 Å². The highest BCUT2D eigenvalue weighted by Gasteiger charge is 2.10. The third-order valence-electron chi connectivity index (χ3n) is 2.94. The second-order valence-corrected chi connectivity index (χ2v) is 5.21. The molecule has 0 bridgehead atoms. The maximum atomic E-state index is 8.71. The second-order valence-electron chi connectivity index (χ2n) is 4.21. The second kappa shape index (κ2) is 7.50. The SMILES string of the molecule is CCC(C)N(C)Cc1sccc1C#CCCO. The summed E-state index contributed by atoms with van der Waals surface area (Å²) in [6.07, 6.45) is 1.71. The van der Waals surface area contributed by atoms with Crippen LogP contribution in [0.3, 0.4) is 0 Å². The maximum Gasteiger partial charge on any atom is 0.0540 e. The molecule has 0 saturated carbocycles. The van der Waals surface area contributed by atoms with Crippen LogP contribution >= 0.6 is 11.3 Å². The quantitative estimate of drug-likeness (QED) is 0.813. The van der Waals surface area contributed by atoms with Gasteiger partial charge in [0.2, 0.25) is 0 Å². The summed E-state index contributed by atoms with van der Waals surface area (Å²) in [5.74, 6) is 6.11. The zero-order chi connectivity index (χ0) is 12.7. The number of thiophene rings is 1. The lowest BCUT2D eigenvalue weighted by Crippen LogP contribution is -2.27. The molecule has 1 unspecified atom stereocenters. The minimum atomic E-state index is 0.138. The van der Waals surface area contributed by atoms with Crippen molar-refractivity contribution in [2.24, 2.45) is 0 Å². The topological polar surface area (TPSA) is 23.5 Å². The first kappa shape index (κ1) is 14.2. The van der Waals surface area contributed by atoms with E-state index >= 15 is 0 Å². The Morgan fingerprint density at radius 1 is 1.53 bits per heavy atom. The van der Waals surface area contributed by atoms with Crippen molar-refractivity contribution in [2.75, 3.05) is 13.7 Å². The van der Waals surface area contributed by atoms with Crippen molar-refractivity contribution in [3.05, 3.63) is 21.9 Å². The molecule has 0 amide bonds. The number of aliphatic hydroxyl groups excluding tert-OH is 1. The summed E-state index contributed by atoms with van der Waals surface area (Å²) in [5.41, 5.74) is 1.11. The monoisotopic (exact) mass is 251 g/mol. The van der Waals surface area contributed by atoms with Crippen molar-refractivity contribution < 1.29 is 5.11 Å². The van der Waals surface area contributed by atoms with Gasteiger partial charge >= 0.3 is 0 Å². The molecule has 1 N–H and O–H groups in total. The Kier molecular flexibility index (Phi) is 6.28. The molecule has 0 aliphatic carbocycles. The molecule has 1 aromatic rings. The molecule has 0 radical (unpaired) electrons. The van der Waals surface area contributed by atoms with E-state index < -0.39 is 0 Å². The highest BCUT2D eigenvalue weighted by Crippen LogP contribution is 2.19. The van der Waals surface area contributed by atoms with Crippen molar-refractivity contribution in [3.8, 4) is 11.8 Å². The third-order valence-corrected chi connectivity index (χ3v) is 3.85. The van der Waals surface area contributed by atoms with Crippen LogP contribution in [0, 0.1) is 11.8 Å².